The van der Waals surface area contributed by atoms with Crippen LogP contribution in [0.15, 0.2) is 0 Å². The molecule has 11 heavy (non-hydrogen) atoms. The minimum absolute atomic E-state index is 0.0903. The third-order valence-corrected chi connectivity index (χ3v) is 2.24. The van der Waals surface area contributed by atoms with Crippen molar-refractivity contribution in [2.75, 3.05) is 13.6 Å². The molecule has 1 unspecified atom stereocenters. The van der Waals surface area contributed by atoms with Gasteiger partial charge in [0.2, 0.25) is 0 Å². The summed E-state index contributed by atoms with van der Waals surface area (Å²) < 4.78 is 0. The molecule has 0 fully saturated rings. The standard InChI is InChI=1S/C8H18N2O/c1-6(11)7(5-9)8(2,3)10-4/h7,10H,5,9H2,1-4H3. The van der Waals surface area contributed by atoms with Gasteiger partial charge in [-0.2, -0.15) is 0 Å². The number of hydrogen-bond donors (Lipinski definition) is 2. The van der Waals surface area contributed by atoms with E-state index in [1.54, 1.807) is 6.92 Å². The number of nitrogens with two attached hydrogens (primary N) is 1. The average Bonchev–Trinajstić information content (AvgIpc) is 1.88. The van der Waals surface area contributed by atoms with Gasteiger partial charge in [0.05, 0.1) is 0 Å². The van der Waals surface area contributed by atoms with E-state index in [4.69, 9.17) is 5.73 Å². The fraction of sp³-hybridized carbons (Fsp3) is 0.875. The topological polar surface area (TPSA) is 55.1 Å². The molecule has 0 amide bonds. The molecule has 3 N–H and O–H groups in total. The fourth-order valence-corrected chi connectivity index (χ4v) is 1.14. The van der Waals surface area contributed by atoms with Gasteiger partial charge in [-0.3, -0.25) is 4.79 Å². The van der Waals surface area contributed by atoms with E-state index in [2.05, 4.69) is 5.32 Å². The molecule has 66 valence electrons. The van der Waals surface area contributed by atoms with Gasteiger partial charge in [-0.15, -0.1) is 0 Å². The highest BCUT2D eigenvalue weighted by Crippen LogP contribution is 2.15. The molecule has 0 aliphatic carbocycles. The molecular weight excluding hydrogens is 140 g/mol. The summed E-state index contributed by atoms with van der Waals surface area (Å²) in [6.07, 6.45) is 0. The van der Waals surface area contributed by atoms with Crippen LogP contribution in [0.25, 0.3) is 0 Å². The van der Waals surface area contributed by atoms with E-state index in [0.29, 0.717) is 6.54 Å². The molecule has 0 spiro atoms. The summed E-state index contributed by atoms with van der Waals surface area (Å²) in [6, 6.07) is 0. The normalized spacial score (nSPS) is 14.6. The van der Waals surface area contributed by atoms with Gasteiger partial charge in [-0.05, 0) is 27.8 Å². The summed E-state index contributed by atoms with van der Waals surface area (Å²) in [7, 11) is 1.84. The molecule has 0 aromatic heterocycles. The Balaban J connectivity index is 4.36. The van der Waals surface area contributed by atoms with E-state index in [-0.39, 0.29) is 17.2 Å². The lowest BCUT2D eigenvalue weighted by molar-refractivity contribution is -0.122. The lowest BCUT2D eigenvalue weighted by atomic mass is 9.85. The van der Waals surface area contributed by atoms with Crippen molar-refractivity contribution in [1.29, 1.82) is 0 Å². The van der Waals surface area contributed by atoms with E-state index in [1.165, 1.54) is 0 Å². The second-order valence-electron chi connectivity index (χ2n) is 3.37. The first-order chi connectivity index (χ1) is 4.95. The number of ketones is 1. The molecule has 0 saturated carbocycles. The largest absolute Gasteiger partial charge is 0.330 e. The van der Waals surface area contributed by atoms with E-state index >= 15 is 0 Å². The predicted molar refractivity (Wildman–Crippen MR) is 46.4 cm³/mol. The first-order valence-corrected chi connectivity index (χ1v) is 3.85. The smallest absolute Gasteiger partial charge is 0.135 e. The monoisotopic (exact) mass is 158 g/mol. The Morgan fingerprint density at radius 1 is 1.64 bits per heavy atom. The van der Waals surface area contributed by atoms with Crippen LogP contribution in [0.1, 0.15) is 20.8 Å². The SMILES string of the molecule is CNC(C)(C)C(CN)C(C)=O. The maximum atomic E-state index is 11.1. The van der Waals surface area contributed by atoms with Crippen LogP contribution in [0, 0.1) is 5.92 Å². The van der Waals surface area contributed by atoms with Crippen LogP contribution >= 0.6 is 0 Å². The second-order valence-corrected chi connectivity index (χ2v) is 3.37. The summed E-state index contributed by atoms with van der Waals surface area (Å²) in [5.41, 5.74) is 5.28. The van der Waals surface area contributed by atoms with Crippen molar-refractivity contribution in [1.82, 2.24) is 5.32 Å². The van der Waals surface area contributed by atoms with Crippen molar-refractivity contribution in [3.05, 3.63) is 0 Å². The molecule has 0 heterocycles. The highest BCUT2D eigenvalue weighted by Gasteiger charge is 2.29. The van der Waals surface area contributed by atoms with Crippen LogP contribution < -0.4 is 11.1 Å². The van der Waals surface area contributed by atoms with Gasteiger partial charge in [-0.25, -0.2) is 0 Å². The summed E-state index contributed by atoms with van der Waals surface area (Å²) in [6.45, 7) is 5.94. The van der Waals surface area contributed by atoms with E-state index < -0.39 is 0 Å². The highest BCUT2D eigenvalue weighted by molar-refractivity contribution is 5.79. The molecule has 3 nitrogen and oxygen atoms in total. The molecule has 3 heteroatoms. The molecular formula is C8H18N2O. The maximum Gasteiger partial charge on any atom is 0.135 e. The molecule has 0 aliphatic rings. The Kier molecular flexibility index (Phi) is 3.69. The van der Waals surface area contributed by atoms with Crippen molar-refractivity contribution in [3.8, 4) is 0 Å². The van der Waals surface area contributed by atoms with Crippen molar-refractivity contribution in [2.24, 2.45) is 11.7 Å². The fourth-order valence-electron chi connectivity index (χ4n) is 1.14. The number of carbonyl (C=O) groups is 1. The number of Topliss-reactive ketones (excluding diaryl/α,β-unsaturated/α-hetero) is 1. The summed E-state index contributed by atoms with van der Waals surface area (Å²) in [4.78, 5) is 11.1. The molecule has 0 aromatic rings. The van der Waals surface area contributed by atoms with Crippen molar-refractivity contribution in [3.63, 3.8) is 0 Å². The van der Waals surface area contributed by atoms with E-state index in [0.717, 1.165) is 0 Å². The minimum atomic E-state index is -0.194. The molecule has 1 atom stereocenters. The van der Waals surface area contributed by atoms with Crippen LogP contribution in [0.4, 0.5) is 0 Å². The van der Waals surface area contributed by atoms with Gasteiger partial charge >= 0.3 is 0 Å². The van der Waals surface area contributed by atoms with Crippen LogP contribution in [0.5, 0.6) is 0 Å². The average molecular weight is 158 g/mol. The van der Waals surface area contributed by atoms with Gasteiger partial charge in [0.25, 0.3) is 0 Å². The van der Waals surface area contributed by atoms with Crippen LogP contribution in [0.2, 0.25) is 0 Å². The lowest BCUT2D eigenvalue weighted by Crippen LogP contribution is -2.49. The number of nitrogens with one attached hydrogen (secondary N) is 1. The van der Waals surface area contributed by atoms with E-state index in [9.17, 15) is 4.79 Å². The Bertz CT molecular complexity index is 143. The molecule has 0 saturated heterocycles. The van der Waals surface area contributed by atoms with Gasteiger partial charge in [0.15, 0.2) is 0 Å². The predicted octanol–water partition coefficient (Wildman–Crippen LogP) is 0.148. The Labute approximate surface area is 68.3 Å². The first-order valence-electron chi connectivity index (χ1n) is 3.85. The lowest BCUT2D eigenvalue weighted by Gasteiger charge is -2.31. The second kappa shape index (κ2) is 3.83. The van der Waals surface area contributed by atoms with Crippen molar-refractivity contribution >= 4 is 5.78 Å². The van der Waals surface area contributed by atoms with Crippen LogP contribution in [-0.4, -0.2) is 24.9 Å². The van der Waals surface area contributed by atoms with Gasteiger partial charge in [0, 0.05) is 18.0 Å². The van der Waals surface area contributed by atoms with Crippen LogP contribution in [-0.2, 0) is 4.79 Å². The maximum absolute atomic E-state index is 11.1. The quantitative estimate of drug-likeness (QED) is 0.612. The zero-order valence-electron chi connectivity index (χ0n) is 7.77. The zero-order chi connectivity index (χ0) is 9.07. The Morgan fingerprint density at radius 3 is 2.18 bits per heavy atom. The van der Waals surface area contributed by atoms with Crippen molar-refractivity contribution in [2.45, 2.75) is 26.3 Å². The van der Waals surface area contributed by atoms with Crippen LogP contribution in [0.3, 0.4) is 0 Å². The number of hydrogen-bond acceptors (Lipinski definition) is 3. The minimum Gasteiger partial charge on any atom is -0.330 e. The molecule has 0 aliphatic heterocycles. The molecule has 0 radical (unpaired) electrons. The zero-order valence-corrected chi connectivity index (χ0v) is 7.77. The summed E-state index contributed by atoms with van der Waals surface area (Å²) in [5, 5.41) is 3.07. The summed E-state index contributed by atoms with van der Waals surface area (Å²) in [5.74, 6) is 0.0550. The van der Waals surface area contributed by atoms with Gasteiger partial charge in [0.1, 0.15) is 5.78 Å². The molecule has 0 aromatic carbocycles. The highest BCUT2D eigenvalue weighted by atomic mass is 16.1. The number of rotatable bonds is 4. The van der Waals surface area contributed by atoms with E-state index in [1.807, 2.05) is 20.9 Å². The molecule has 0 bridgehead atoms. The van der Waals surface area contributed by atoms with Crippen molar-refractivity contribution < 1.29 is 4.79 Å². The van der Waals surface area contributed by atoms with Gasteiger partial charge in [-0.1, -0.05) is 0 Å². The van der Waals surface area contributed by atoms with Gasteiger partial charge < -0.3 is 11.1 Å². The summed E-state index contributed by atoms with van der Waals surface area (Å²) >= 11 is 0. The first kappa shape index (κ1) is 10.6. The third-order valence-electron chi connectivity index (χ3n) is 2.24. The number of carbonyl (C=O) groups excluding carboxylic acids is 1. The Hall–Kier alpha value is -0.410. The Morgan fingerprint density at radius 2 is 2.09 bits per heavy atom. The third kappa shape index (κ3) is 2.60. The molecule has 0 rings (SSSR count).